The van der Waals surface area contributed by atoms with Gasteiger partial charge in [0, 0.05) is 6.07 Å². The Labute approximate surface area is 136 Å². The zero-order valence-electron chi connectivity index (χ0n) is 12.6. The van der Waals surface area contributed by atoms with Gasteiger partial charge < -0.3 is 40.0 Å². The van der Waals surface area contributed by atoms with E-state index in [-0.39, 0.29) is 19.0 Å². The molecule has 0 aromatic carbocycles. The maximum atomic E-state index is 11.8. The van der Waals surface area contributed by atoms with E-state index in [9.17, 15) is 15.0 Å². The Balaban J connectivity index is 1.53. The molecule has 3 rings (SSSR count). The van der Waals surface area contributed by atoms with Crippen LogP contribution >= 0.6 is 0 Å². The first-order chi connectivity index (χ1) is 11.5. The molecular formula is C13H20N3O8+. The van der Waals surface area contributed by atoms with E-state index >= 15 is 0 Å². The van der Waals surface area contributed by atoms with Crippen LogP contribution in [0.2, 0.25) is 0 Å². The predicted octanol–water partition coefficient (Wildman–Crippen LogP) is -3.43. The van der Waals surface area contributed by atoms with Crippen molar-refractivity contribution < 1.29 is 38.8 Å². The minimum Gasteiger partial charge on any atom is -0.394 e. The summed E-state index contributed by atoms with van der Waals surface area (Å²) >= 11 is 0. The molecule has 0 spiro atoms. The minimum absolute atomic E-state index is 0.0868. The van der Waals surface area contributed by atoms with Crippen molar-refractivity contribution in [2.45, 2.75) is 37.1 Å². The molecule has 134 valence electrons. The Morgan fingerprint density at radius 2 is 2.17 bits per heavy atom. The van der Waals surface area contributed by atoms with E-state index in [1.54, 1.807) is 0 Å². The summed E-state index contributed by atoms with van der Waals surface area (Å²) in [7, 11) is 0. The number of nitrogen functional groups attached to an aromatic ring is 1. The first kappa shape index (κ1) is 17.2. The number of hydrogen-bond acceptors (Lipinski definition) is 9. The highest BCUT2D eigenvalue weighted by Gasteiger charge is 2.44. The lowest BCUT2D eigenvalue weighted by Crippen LogP contribution is -2.55. The molecule has 0 aliphatic carbocycles. The quantitative estimate of drug-likeness (QED) is 0.342. The molecule has 11 heteroatoms. The third-order valence-corrected chi connectivity index (χ3v) is 3.84. The molecule has 2 aliphatic heterocycles. The SMILES string of the molecule is Nc1cc[n+]([C@@H]2CO[C@H](CO[C@@H]3O[C@H](CO)[C@@H](O)[C@H]3O)O2)c(=O)[nH]1. The van der Waals surface area contributed by atoms with Crippen LogP contribution in [-0.4, -0.2) is 71.0 Å². The highest BCUT2D eigenvalue weighted by atomic mass is 16.8. The number of aliphatic hydroxyl groups excluding tert-OH is 3. The molecule has 0 saturated carbocycles. The highest BCUT2D eigenvalue weighted by molar-refractivity contribution is 5.21. The van der Waals surface area contributed by atoms with Gasteiger partial charge in [0.25, 0.3) is 0 Å². The maximum Gasteiger partial charge on any atom is 0.499 e. The van der Waals surface area contributed by atoms with Crippen LogP contribution in [-0.2, 0) is 18.9 Å². The Hall–Kier alpha value is -1.60. The lowest BCUT2D eigenvalue weighted by atomic mass is 10.1. The summed E-state index contributed by atoms with van der Waals surface area (Å²) < 4.78 is 22.7. The van der Waals surface area contributed by atoms with E-state index in [1.165, 1.54) is 16.8 Å². The number of nitrogens with two attached hydrogens (primary N) is 1. The molecule has 6 N–H and O–H groups in total. The van der Waals surface area contributed by atoms with Crippen molar-refractivity contribution in [1.82, 2.24) is 4.98 Å². The topological polar surface area (TPSA) is 160 Å². The molecule has 0 unspecified atom stereocenters. The molecule has 2 aliphatic rings. The fourth-order valence-corrected chi connectivity index (χ4v) is 2.54. The number of anilines is 1. The van der Waals surface area contributed by atoms with E-state index < -0.39 is 49.4 Å². The van der Waals surface area contributed by atoms with Gasteiger partial charge in [-0.15, -0.1) is 0 Å². The van der Waals surface area contributed by atoms with Crippen LogP contribution in [0.15, 0.2) is 17.1 Å². The van der Waals surface area contributed by atoms with Crippen LogP contribution in [0.5, 0.6) is 0 Å². The summed E-state index contributed by atoms with van der Waals surface area (Å²) in [6, 6.07) is 1.52. The fourth-order valence-electron chi connectivity index (χ4n) is 2.54. The monoisotopic (exact) mass is 346 g/mol. The molecule has 11 nitrogen and oxygen atoms in total. The molecule has 0 bridgehead atoms. The molecule has 6 atom stereocenters. The number of aromatic amines is 1. The summed E-state index contributed by atoms with van der Waals surface area (Å²) in [6.45, 7) is -0.397. The van der Waals surface area contributed by atoms with Gasteiger partial charge in [0.15, 0.2) is 18.4 Å². The number of nitrogens with zero attached hydrogens (tertiary/aromatic N) is 1. The molecule has 1 aromatic rings. The Morgan fingerprint density at radius 1 is 1.38 bits per heavy atom. The predicted molar refractivity (Wildman–Crippen MR) is 75.2 cm³/mol. The van der Waals surface area contributed by atoms with Crippen molar-refractivity contribution in [3.05, 3.63) is 22.7 Å². The van der Waals surface area contributed by atoms with Crippen molar-refractivity contribution in [2.24, 2.45) is 0 Å². The number of nitrogens with one attached hydrogen (secondary N) is 1. The molecular weight excluding hydrogens is 326 g/mol. The molecule has 0 radical (unpaired) electrons. The summed E-state index contributed by atoms with van der Waals surface area (Å²) in [5.74, 6) is 0.236. The van der Waals surface area contributed by atoms with E-state index in [1.807, 2.05) is 0 Å². The van der Waals surface area contributed by atoms with Gasteiger partial charge in [-0.1, -0.05) is 0 Å². The zero-order valence-corrected chi connectivity index (χ0v) is 12.6. The van der Waals surface area contributed by atoms with Gasteiger partial charge in [0.05, 0.1) is 6.61 Å². The standard InChI is InChI=1S/C13H19N3O8/c14-7-1-2-16(13(20)15-7)8-4-21-9(24-8)5-22-12-11(19)10(18)6(3-17)23-12/h1-2,6,8-12,17-19H,3-5H2,(H2,14,15,20)/p+1/t6-,8+,9+,10-,11-,12-/m1/s1. The second-order valence-corrected chi connectivity index (χ2v) is 5.50. The fraction of sp³-hybridized carbons (Fsp3) is 0.692. The van der Waals surface area contributed by atoms with Gasteiger partial charge >= 0.3 is 5.69 Å². The summed E-state index contributed by atoms with van der Waals surface area (Å²) in [5.41, 5.74) is 5.04. The number of rotatable bonds is 5. The zero-order chi connectivity index (χ0) is 17.3. The number of ether oxygens (including phenoxy) is 4. The van der Waals surface area contributed by atoms with Crippen molar-refractivity contribution in [3.63, 3.8) is 0 Å². The van der Waals surface area contributed by atoms with Crippen LogP contribution < -0.4 is 16.0 Å². The molecule has 2 saturated heterocycles. The van der Waals surface area contributed by atoms with E-state index in [2.05, 4.69) is 4.98 Å². The van der Waals surface area contributed by atoms with Crippen LogP contribution in [0, 0.1) is 0 Å². The number of aliphatic hydroxyl groups is 3. The van der Waals surface area contributed by atoms with Crippen molar-refractivity contribution in [2.75, 3.05) is 25.6 Å². The Bertz CT molecular complexity index is 625. The smallest absolute Gasteiger partial charge is 0.394 e. The average Bonchev–Trinajstić information content (AvgIpc) is 3.12. The molecule has 1 aromatic heterocycles. The second-order valence-electron chi connectivity index (χ2n) is 5.50. The number of hydrogen-bond donors (Lipinski definition) is 5. The Morgan fingerprint density at radius 3 is 2.83 bits per heavy atom. The molecule has 3 heterocycles. The van der Waals surface area contributed by atoms with Gasteiger partial charge in [-0.3, -0.25) is 0 Å². The van der Waals surface area contributed by atoms with Crippen LogP contribution in [0.4, 0.5) is 5.82 Å². The summed E-state index contributed by atoms with van der Waals surface area (Å²) in [4.78, 5) is 14.2. The first-order valence-electron chi connectivity index (χ1n) is 7.40. The lowest BCUT2D eigenvalue weighted by molar-refractivity contribution is -0.771. The van der Waals surface area contributed by atoms with Crippen LogP contribution in [0.1, 0.15) is 6.23 Å². The third-order valence-electron chi connectivity index (χ3n) is 3.84. The number of aromatic nitrogens is 2. The summed E-state index contributed by atoms with van der Waals surface area (Å²) in [5, 5.41) is 28.4. The van der Waals surface area contributed by atoms with Gasteiger partial charge in [-0.05, 0) is 0 Å². The molecule has 2 fully saturated rings. The largest absolute Gasteiger partial charge is 0.499 e. The van der Waals surface area contributed by atoms with E-state index in [4.69, 9.17) is 29.8 Å². The highest BCUT2D eigenvalue weighted by Crippen LogP contribution is 2.23. The number of H-pyrrole nitrogens is 1. The van der Waals surface area contributed by atoms with Gasteiger partial charge in [-0.2, -0.15) is 14.3 Å². The average molecular weight is 346 g/mol. The first-order valence-corrected chi connectivity index (χ1v) is 7.40. The van der Waals surface area contributed by atoms with Crippen molar-refractivity contribution in [1.29, 1.82) is 0 Å². The second kappa shape index (κ2) is 7.11. The van der Waals surface area contributed by atoms with Gasteiger partial charge in [-0.25, -0.2) is 0 Å². The Kier molecular flexibility index (Phi) is 5.10. The maximum absolute atomic E-state index is 11.8. The van der Waals surface area contributed by atoms with Crippen LogP contribution in [0.3, 0.4) is 0 Å². The van der Waals surface area contributed by atoms with Gasteiger partial charge in [0.2, 0.25) is 6.23 Å². The molecule has 0 amide bonds. The molecule has 24 heavy (non-hydrogen) atoms. The summed E-state index contributed by atoms with van der Waals surface area (Å²) in [6.07, 6.45) is -4.47. The van der Waals surface area contributed by atoms with E-state index in [0.717, 1.165) is 0 Å². The van der Waals surface area contributed by atoms with Crippen LogP contribution in [0.25, 0.3) is 0 Å². The lowest BCUT2D eigenvalue weighted by Gasteiger charge is -2.17. The third kappa shape index (κ3) is 3.42. The van der Waals surface area contributed by atoms with Gasteiger partial charge in [0.1, 0.15) is 37.7 Å². The van der Waals surface area contributed by atoms with Crippen molar-refractivity contribution in [3.8, 4) is 0 Å². The van der Waals surface area contributed by atoms with Crippen molar-refractivity contribution >= 4 is 5.82 Å². The minimum atomic E-state index is -1.28. The van der Waals surface area contributed by atoms with E-state index in [0.29, 0.717) is 0 Å². The normalized spacial score (nSPS) is 36.3.